The Labute approximate surface area is 105 Å². The van der Waals surface area contributed by atoms with E-state index in [-0.39, 0.29) is 5.75 Å². The second-order valence-corrected chi connectivity index (χ2v) is 12.9. The van der Waals surface area contributed by atoms with E-state index in [0.717, 1.165) is 6.04 Å². The van der Waals surface area contributed by atoms with Gasteiger partial charge in [-0.25, -0.2) is 8.42 Å². The summed E-state index contributed by atoms with van der Waals surface area (Å²) in [6, 6.07) is 9.62. The lowest BCUT2D eigenvalue weighted by atomic mass is 10.4. The Hall–Kier alpha value is -0.873. The molecule has 0 saturated carbocycles. The summed E-state index contributed by atoms with van der Waals surface area (Å²) in [6.45, 7) is 6.80. The monoisotopic (exact) mass is 268 g/mol. The maximum atomic E-state index is 11.9. The summed E-state index contributed by atoms with van der Waals surface area (Å²) in [6.07, 6.45) is 3.79. The fourth-order valence-electron chi connectivity index (χ4n) is 1.36. The van der Waals surface area contributed by atoms with Gasteiger partial charge in [0.2, 0.25) is 0 Å². The van der Waals surface area contributed by atoms with E-state index in [1.807, 2.05) is 12.1 Å². The molecule has 0 heterocycles. The van der Waals surface area contributed by atoms with Crippen LogP contribution in [-0.2, 0) is 9.84 Å². The average Bonchev–Trinajstić information content (AvgIpc) is 2.25. The van der Waals surface area contributed by atoms with Crippen LogP contribution in [-0.4, -0.2) is 22.2 Å². The van der Waals surface area contributed by atoms with Crippen molar-refractivity contribution in [1.82, 2.24) is 0 Å². The highest BCUT2D eigenvalue weighted by Gasteiger charge is 2.12. The molecular formula is C13H20O2SSi. The molecule has 0 aliphatic heterocycles. The molecule has 94 valence electrons. The molecule has 0 aromatic heterocycles. The average molecular weight is 268 g/mol. The van der Waals surface area contributed by atoms with E-state index in [1.165, 1.54) is 0 Å². The van der Waals surface area contributed by atoms with Crippen LogP contribution in [0.15, 0.2) is 47.4 Å². The largest absolute Gasteiger partial charge is 0.223 e. The van der Waals surface area contributed by atoms with Gasteiger partial charge in [-0.15, -0.1) is 0 Å². The Morgan fingerprint density at radius 1 is 1.06 bits per heavy atom. The number of benzene rings is 1. The molecular weight excluding hydrogens is 248 g/mol. The first-order chi connectivity index (χ1) is 7.81. The highest BCUT2D eigenvalue weighted by Crippen LogP contribution is 2.12. The van der Waals surface area contributed by atoms with Crippen molar-refractivity contribution in [3.05, 3.63) is 42.5 Å². The van der Waals surface area contributed by atoms with E-state index in [2.05, 4.69) is 19.6 Å². The van der Waals surface area contributed by atoms with E-state index in [9.17, 15) is 8.42 Å². The minimum absolute atomic E-state index is 0.0987. The molecule has 0 saturated heterocycles. The molecule has 1 aromatic rings. The van der Waals surface area contributed by atoms with Crippen LogP contribution in [0.2, 0.25) is 25.7 Å². The van der Waals surface area contributed by atoms with Gasteiger partial charge in [0.1, 0.15) is 0 Å². The van der Waals surface area contributed by atoms with Crippen LogP contribution in [0.5, 0.6) is 0 Å². The molecule has 0 fully saturated rings. The first-order valence-electron chi connectivity index (χ1n) is 5.74. The van der Waals surface area contributed by atoms with Crippen molar-refractivity contribution in [3.63, 3.8) is 0 Å². The Kier molecular flexibility index (Phi) is 4.71. The Morgan fingerprint density at radius 2 is 1.65 bits per heavy atom. The molecule has 1 rings (SSSR count). The summed E-state index contributed by atoms with van der Waals surface area (Å²) in [5.74, 6) is 0.0987. The highest BCUT2D eigenvalue weighted by atomic mass is 32.2. The van der Waals surface area contributed by atoms with Gasteiger partial charge in [-0.3, -0.25) is 0 Å². The fraction of sp³-hybridized carbons (Fsp3) is 0.385. The van der Waals surface area contributed by atoms with Gasteiger partial charge in [0.15, 0.2) is 9.84 Å². The molecule has 2 nitrogen and oxygen atoms in total. The molecule has 0 N–H and O–H groups in total. The van der Waals surface area contributed by atoms with Gasteiger partial charge < -0.3 is 0 Å². The van der Waals surface area contributed by atoms with Crippen LogP contribution in [0.3, 0.4) is 0 Å². The highest BCUT2D eigenvalue weighted by molar-refractivity contribution is 7.91. The summed E-state index contributed by atoms with van der Waals surface area (Å²) in [5, 5.41) is 0. The van der Waals surface area contributed by atoms with E-state index < -0.39 is 17.9 Å². The van der Waals surface area contributed by atoms with Gasteiger partial charge in [-0.2, -0.15) is 0 Å². The number of allylic oxidation sites excluding steroid dienone is 1. The summed E-state index contributed by atoms with van der Waals surface area (Å²) >= 11 is 0. The molecule has 0 aliphatic carbocycles. The van der Waals surface area contributed by atoms with Gasteiger partial charge in [0.25, 0.3) is 0 Å². The van der Waals surface area contributed by atoms with Crippen molar-refractivity contribution in [2.75, 3.05) is 5.75 Å². The summed E-state index contributed by atoms with van der Waals surface area (Å²) in [5.41, 5.74) is 0. The standard InChI is InChI=1S/C13H20O2SSi/c1-17(2,3)12-8-7-11-16(14,15)13-9-5-4-6-10-13/h4-10H,11-12H2,1-3H3. The van der Waals surface area contributed by atoms with Crippen molar-refractivity contribution >= 4 is 17.9 Å². The zero-order valence-electron chi connectivity index (χ0n) is 10.7. The number of rotatable bonds is 5. The molecule has 1 aromatic carbocycles. The topological polar surface area (TPSA) is 34.1 Å². The third kappa shape index (κ3) is 5.32. The van der Waals surface area contributed by atoms with E-state index in [1.54, 1.807) is 30.3 Å². The maximum absolute atomic E-state index is 11.9. The molecule has 4 heteroatoms. The van der Waals surface area contributed by atoms with Gasteiger partial charge in [0, 0.05) is 8.07 Å². The molecule has 0 bridgehead atoms. The first kappa shape index (κ1) is 14.2. The Morgan fingerprint density at radius 3 is 2.18 bits per heavy atom. The minimum atomic E-state index is -3.15. The molecule has 0 amide bonds. The van der Waals surface area contributed by atoms with E-state index in [4.69, 9.17) is 0 Å². The second-order valence-electron chi connectivity index (χ2n) is 5.33. The first-order valence-corrected chi connectivity index (χ1v) is 11.1. The van der Waals surface area contributed by atoms with E-state index >= 15 is 0 Å². The zero-order valence-corrected chi connectivity index (χ0v) is 12.5. The summed E-state index contributed by atoms with van der Waals surface area (Å²) in [7, 11) is -4.26. The van der Waals surface area contributed by atoms with Crippen molar-refractivity contribution in [1.29, 1.82) is 0 Å². The molecule has 0 radical (unpaired) electrons. The lowest BCUT2D eigenvalue weighted by Crippen LogP contribution is -2.17. The fourth-order valence-corrected chi connectivity index (χ4v) is 3.38. The van der Waals surface area contributed by atoms with Gasteiger partial charge >= 0.3 is 0 Å². The quantitative estimate of drug-likeness (QED) is 0.606. The van der Waals surface area contributed by atoms with Crippen LogP contribution in [0, 0.1) is 0 Å². The van der Waals surface area contributed by atoms with Crippen LogP contribution in [0.1, 0.15) is 0 Å². The number of hydrogen-bond acceptors (Lipinski definition) is 2. The molecule has 0 aliphatic rings. The Balaban J connectivity index is 2.64. The molecule has 0 spiro atoms. The van der Waals surface area contributed by atoms with Gasteiger partial charge in [-0.05, 0) is 18.2 Å². The third-order valence-corrected chi connectivity index (χ3v) is 5.40. The predicted octanol–water partition coefficient (Wildman–Crippen LogP) is 3.35. The number of hydrogen-bond donors (Lipinski definition) is 0. The molecule has 0 unspecified atom stereocenters. The van der Waals surface area contributed by atoms with Gasteiger partial charge in [0.05, 0.1) is 10.6 Å². The van der Waals surface area contributed by atoms with Crippen LogP contribution < -0.4 is 0 Å². The Bertz CT molecular complexity index is 470. The summed E-state index contributed by atoms with van der Waals surface area (Å²) < 4.78 is 23.8. The van der Waals surface area contributed by atoms with Crippen LogP contribution in [0.4, 0.5) is 0 Å². The second kappa shape index (κ2) is 5.64. The van der Waals surface area contributed by atoms with E-state index in [0.29, 0.717) is 4.90 Å². The molecule has 0 atom stereocenters. The SMILES string of the molecule is C[Si](C)(C)CC=CCS(=O)(=O)c1ccccc1. The normalized spacial score (nSPS) is 13.1. The van der Waals surface area contributed by atoms with Crippen LogP contribution in [0.25, 0.3) is 0 Å². The number of sulfone groups is 1. The smallest absolute Gasteiger partial charge is 0.181 e. The van der Waals surface area contributed by atoms with Crippen LogP contribution >= 0.6 is 0 Å². The predicted molar refractivity (Wildman–Crippen MR) is 75.8 cm³/mol. The van der Waals surface area contributed by atoms with Crippen molar-refractivity contribution in [3.8, 4) is 0 Å². The van der Waals surface area contributed by atoms with Crippen molar-refractivity contribution < 1.29 is 8.42 Å². The van der Waals surface area contributed by atoms with Crippen molar-refractivity contribution in [2.24, 2.45) is 0 Å². The minimum Gasteiger partial charge on any atom is -0.223 e. The van der Waals surface area contributed by atoms with Gasteiger partial charge in [-0.1, -0.05) is 50.0 Å². The summed E-state index contributed by atoms with van der Waals surface area (Å²) in [4.78, 5) is 0.401. The molecule has 17 heavy (non-hydrogen) atoms. The zero-order chi connectivity index (χ0) is 12.9. The van der Waals surface area contributed by atoms with Crippen molar-refractivity contribution in [2.45, 2.75) is 30.6 Å². The lowest BCUT2D eigenvalue weighted by Gasteiger charge is -2.11. The maximum Gasteiger partial charge on any atom is 0.181 e. The third-order valence-electron chi connectivity index (χ3n) is 2.31. The lowest BCUT2D eigenvalue weighted by molar-refractivity contribution is 0.599.